The molecule has 0 aromatic heterocycles. The number of piperidine rings is 1. The Morgan fingerprint density at radius 2 is 1.78 bits per heavy atom. The number of hydrogen-bond acceptors (Lipinski definition) is 3. The summed E-state index contributed by atoms with van der Waals surface area (Å²) in [6.07, 6.45) is 2.21. The third-order valence-corrected chi connectivity index (χ3v) is 6.98. The maximum Gasteiger partial charge on any atom is 0.191 e. The van der Waals surface area contributed by atoms with E-state index in [4.69, 9.17) is 0 Å². The van der Waals surface area contributed by atoms with Gasteiger partial charge in [0.25, 0.3) is 0 Å². The second-order valence-electron chi connectivity index (χ2n) is 8.16. The van der Waals surface area contributed by atoms with Crippen LogP contribution in [0.2, 0.25) is 0 Å². The number of nitrogens with one attached hydrogen (secondary N) is 2. The smallest absolute Gasteiger partial charge is 0.191 e. The van der Waals surface area contributed by atoms with Crippen LogP contribution in [0.3, 0.4) is 0 Å². The largest absolute Gasteiger partial charge is 0.357 e. The van der Waals surface area contributed by atoms with E-state index in [1.54, 1.807) is 0 Å². The second-order valence-corrected chi connectivity index (χ2v) is 9.73. The molecule has 2 N–H and O–H groups in total. The highest BCUT2D eigenvalue weighted by Gasteiger charge is 2.20. The Morgan fingerprint density at radius 3 is 2.47 bits per heavy atom. The van der Waals surface area contributed by atoms with E-state index >= 15 is 0 Å². The molecule has 3 rings (SSSR count). The highest BCUT2D eigenvalue weighted by Crippen LogP contribution is 2.16. The van der Waals surface area contributed by atoms with Gasteiger partial charge in [-0.1, -0.05) is 54.6 Å². The van der Waals surface area contributed by atoms with Crippen LogP contribution in [0.4, 0.5) is 0 Å². The molecule has 7 heteroatoms. The van der Waals surface area contributed by atoms with Gasteiger partial charge in [0.15, 0.2) is 5.96 Å². The molecule has 1 aliphatic heterocycles. The lowest BCUT2D eigenvalue weighted by Gasteiger charge is -2.33. The summed E-state index contributed by atoms with van der Waals surface area (Å²) in [6.45, 7) is 8.87. The van der Waals surface area contributed by atoms with E-state index in [-0.39, 0.29) is 24.0 Å². The molecule has 1 heterocycles. The topological polar surface area (TPSA) is 56.7 Å². The van der Waals surface area contributed by atoms with Gasteiger partial charge in [0.2, 0.25) is 0 Å². The predicted octanol–water partition coefficient (Wildman–Crippen LogP) is 4.08. The van der Waals surface area contributed by atoms with Gasteiger partial charge in [-0.3, -0.25) is 14.1 Å². The van der Waals surface area contributed by atoms with E-state index in [0.29, 0.717) is 24.1 Å². The van der Waals surface area contributed by atoms with Crippen LogP contribution in [-0.2, 0) is 23.1 Å². The number of hydrogen-bond donors (Lipinski definition) is 2. The van der Waals surface area contributed by atoms with Crippen molar-refractivity contribution in [3.8, 4) is 0 Å². The van der Waals surface area contributed by atoms with Gasteiger partial charge in [0, 0.05) is 54.5 Å². The fourth-order valence-electron chi connectivity index (χ4n) is 3.87. The first-order valence-electron chi connectivity index (χ1n) is 11.3. The number of guanidine groups is 1. The van der Waals surface area contributed by atoms with Gasteiger partial charge < -0.3 is 10.6 Å². The summed E-state index contributed by atoms with van der Waals surface area (Å²) in [5.41, 5.74) is 3.91. The number of benzene rings is 2. The first kappa shape index (κ1) is 26.8. The van der Waals surface area contributed by atoms with Crippen molar-refractivity contribution in [3.63, 3.8) is 0 Å². The molecule has 1 saturated heterocycles. The Labute approximate surface area is 212 Å². The maximum atomic E-state index is 12.3. The fourth-order valence-corrected chi connectivity index (χ4v) is 4.87. The summed E-state index contributed by atoms with van der Waals surface area (Å²) in [6, 6.07) is 19.1. The van der Waals surface area contributed by atoms with E-state index < -0.39 is 10.8 Å². The number of rotatable bonds is 9. The summed E-state index contributed by atoms with van der Waals surface area (Å²) in [4.78, 5) is 7.21. The van der Waals surface area contributed by atoms with Gasteiger partial charge in [0.05, 0.1) is 6.54 Å². The van der Waals surface area contributed by atoms with E-state index in [9.17, 15) is 4.21 Å². The summed E-state index contributed by atoms with van der Waals surface area (Å²) in [5, 5.41) is 6.93. The molecule has 2 aromatic carbocycles. The van der Waals surface area contributed by atoms with Crippen molar-refractivity contribution in [2.24, 2.45) is 4.99 Å². The number of likely N-dealkylation sites (tertiary alicyclic amines) is 1. The van der Waals surface area contributed by atoms with E-state index in [1.807, 2.05) is 30.3 Å². The molecule has 1 fully saturated rings. The van der Waals surface area contributed by atoms with Crippen LogP contribution < -0.4 is 10.6 Å². The van der Waals surface area contributed by atoms with Crippen LogP contribution in [0.1, 0.15) is 36.5 Å². The van der Waals surface area contributed by atoms with Crippen LogP contribution in [0.15, 0.2) is 59.6 Å². The lowest BCUT2D eigenvalue weighted by Crippen LogP contribution is -2.48. The third-order valence-electron chi connectivity index (χ3n) is 5.69. The van der Waals surface area contributed by atoms with Gasteiger partial charge >= 0.3 is 0 Å². The van der Waals surface area contributed by atoms with Crippen LogP contribution in [0.25, 0.3) is 0 Å². The van der Waals surface area contributed by atoms with Crippen molar-refractivity contribution < 1.29 is 4.21 Å². The molecule has 0 saturated carbocycles. The second kappa shape index (κ2) is 14.6. The van der Waals surface area contributed by atoms with Gasteiger partial charge in [0.1, 0.15) is 0 Å². The lowest BCUT2D eigenvalue weighted by molar-refractivity contribution is 0.198. The van der Waals surface area contributed by atoms with E-state index in [0.717, 1.165) is 50.5 Å². The third kappa shape index (κ3) is 9.19. The quantitative estimate of drug-likeness (QED) is 0.272. The Hall–Kier alpha value is -1.45. The molecule has 176 valence electrons. The summed E-state index contributed by atoms with van der Waals surface area (Å²) in [7, 11) is -0.894. The molecule has 1 atom stereocenters. The minimum atomic E-state index is -0.894. The zero-order valence-corrected chi connectivity index (χ0v) is 22.4. The maximum absolute atomic E-state index is 12.3. The van der Waals surface area contributed by atoms with Gasteiger partial charge in [-0.25, -0.2) is 0 Å². The molecule has 2 aromatic rings. The molecule has 1 aliphatic rings. The highest BCUT2D eigenvalue weighted by molar-refractivity contribution is 14.0. The zero-order valence-electron chi connectivity index (χ0n) is 19.3. The first-order chi connectivity index (χ1) is 15.1. The average molecular weight is 569 g/mol. The number of halogens is 1. The molecule has 0 radical (unpaired) electrons. The van der Waals surface area contributed by atoms with Crippen molar-refractivity contribution in [1.29, 1.82) is 0 Å². The standard InChI is InChI=1S/C25H36N4OS.HI/c1-3-26-25(27-15-18-31(30)20-22-10-5-4-6-11-22)28-24-13-16-29(17-14-24)19-23-12-8-7-9-21(23)2;/h4-12,24H,3,13-20H2,1-2H3,(H2,26,27,28);1H. The molecule has 0 amide bonds. The van der Waals surface area contributed by atoms with Crippen LogP contribution in [0.5, 0.6) is 0 Å². The molecule has 0 bridgehead atoms. The van der Waals surface area contributed by atoms with Crippen LogP contribution in [0, 0.1) is 6.92 Å². The highest BCUT2D eigenvalue weighted by atomic mass is 127. The fraction of sp³-hybridized carbons (Fsp3) is 0.480. The average Bonchev–Trinajstić information content (AvgIpc) is 2.77. The zero-order chi connectivity index (χ0) is 21.9. The van der Waals surface area contributed by atoms with Crippen molar-refractivity contribution in [3.05, 3.63) is 71.3 Å². The molecule has 5 nitrogen and oxygen atoms in total. The number of aliphatic imine (C=N–C) groups is 1. The molecule has 0 spiro atoms. The van der Waals surface area contributed by atoms with Crippen molar-refractivity contribution in [2.75, 3.05) is 31.9 Å². The van der Waals surface area contributed by atoms with Gasteiger partial charge in [-0.2, -0.15) is 0 Å². The monoisotopic (exact) mass is 568 g/mol. The Kier molecular flexibility index (Phi) is 12.3. The van der Waals surface area contributed by atoms with Crippen molar-refractivity contribution >= 4 is 40.7 Å². The minimum Gasteiger partial charge on any atom is -0.357 e. The minimum absolute atomic E-state index is 0. The number of nitrogens with zero attached hydrogens (tertiary/aromatic N) is 2. The Balaban J connectivity index is 0.00000363. The van der Waals surface area contributed by atoms with Gasteiger partial charge in [-0.05, 0) is 43.4 Å². The summed E-state index contributed by atoms with van der Waals surface area (Å²) in [5.74, 6) is 2.02. The lowest BCUT2D eigenvalue weighted by atomic mass is 10.0. The first-order valence-corrected chi connectivity index (χ1v) is 12.8. The SMILES string of the molecule is CCNC(=NCCS(=O)Cc1ccccc1)NC1CCN(Cc2ccccc2C)CC1.I. The molecule has 0 aliphatic carbocycles. The van der Waals surface area contributed by atoms with Crippen molar-refractivity contribution in [1.82, 2.24) is 15.5 Å². The van der Waals surface area contributed by atoms with Crippen LogP contribution in [-0.4, -0.2) is 53.0 Å². The molecule has 1 unspecified atom stereocenters. The Morgan fingerprint density at radius 1 is 1.09 bits per heavy atom. The normalized spacial score (nSPS) is 16.2. The predicted molar refractivity (Wildman–Crippen MR) is 147 cm³/mol. The van der Waals surface area contributed by atoms with E-state index in [2.05, 4.69) is 58.6 Å². The molecule has 32 heavy (non-hydrogen) atoms. The Bertz CT molecular complexity index is 854. The summed E-state index contributed by atoms with van der Waals surface area (Å²) >= 11 is 0. The van der Waals surface area contributed by atoms with Gasteiger partial charge in [-0.15, -0.1) is 24.0 Å². The summed E-state index contributed by atoms with van der Waals surface area (Å²) < 4.78 is 12.3. The molecular weight excluding hydrogens is 531 g/mol. The van der Waals surface area contributed by atoms with Crippen LogP contribution >= 0.6 is 24.0 Å². The van der Waals surface area contributed by atoms with Crippen molar-refractivity contribution in [2.45, 2.75) is 45.0 Å². The number of aryl methyl sites for hydroxylation is 1. The van der Waals surface area contributed by atoms with E-state index in [1.165, 1.54) is 11.1 Å². The molecular formula is C25H37IN4OS.